The van der Waals surface area contributed by atoms with Gasteiger partial charge in [0.25, 0.3) is 0 Å². The number of aromatic nitrogens is 2. The van der Waals surface area contributed by atoms with Crippen LogP contribution >= 0.6 is 0 Å². The molecule has 0 aliphatic carbocycles. The van der Waals surface area contributed by atoms with Crippen molar-refractivity contribution in [2.75, 3.05) is 7.11 Å². The van der Waals surface area contributed by atoms with Crippen molar-refractivity contribution < 1.29 is 9.53 Å². The number of carbonyl (C=O) groups excluding carboxylic acids is 1. The Bertz CT molecular complexity index is 806. The number of nitrogens with zero attached hydrogens (tertiary/aromatic N) is 2. The predicted molar refractivity (Wildman–Crippen MR) is 81.9 cm³/mol. The molecule has 4 heteroatoms. The summed E-state index contributed by atoms with van der Waals surface area (Å²) in [7, 11) is 3.57. The molecule has 0 unspecified atom stereocenters. The van der Waals surface area contributed by atoms with Crippen LogP contribution in [0, 0.1) is 0 Å². The summed E-state index contributed by atoms with van der Waals surface area (Å²) in [6.07, 6.45) is 1.49. The molecular formula is C17H16N2O2. The Morgan fingerprint density at radius 2 is 2.05 bits per heavy atom. The second-order valence-electron chi connectivity index (χ2n) is 4.95. The van der Waals surface area contributed by atoms with Gasteiger partial charge in [0.15, 0.2) is 6.29 Å². The van der Waals surface area contributed by atoms with Crippen LogP contribution in [-0.4, -0.2) is 22.9 Å². The molecule has 0 amide bonds. The molecule has 4 nitrogen and oxygen atoms in total. The lowest BCUT2D eigenvalue weighted by atomic mass is 10.1. The molecule has 3 aromatic rings. The summed E-state index contributed by atoms with van der Waals surface area (Å²) < 4.78 is 7.24. The number of imidazole rings is 1. The molecule has 0 saturated heterocycles. The average Bonchev–Trinajstić information content (AvgIpc) is 2.84. The van der Waals surface area contributed by atoms with E-state index in [9.17, 15) is 4.79 Å². The van der Waals surface area contributed by atoms with Crippen molar-refractivity contribution in [3.05, 3.63) is 59.4 Å². The van der Waals surface area contributed by atoms with Gasteiger partial charge in [0.05, 0.1) is 23.7 Å². The van der Waals surface area contributed by atoms with E-state index in [0.717, 1.165) is 28.7 Å². The number of hydrogen-bond acceptors (Lipinski definition) is 3. The smallest absolute Gasteiger partial charge is 0.153 e. The average molecular weight is 280 g/mol. The van der Waals surface area contributed by atoms with Crippen LogP contribution in [-0.2, 0) is 13.5 Å². The second-order valence-corrected chi connectivity index (χ2v) is 4.95. The Balaban J connectivity index is 1.98. The number of aryl methyl sites for hydroxylation is 1. The van der Waals surface area contributed by atoms with Gasteiger partial charge in [-0.3, -0.25) is 4.79 Å². The van der Waals surface area contributed by atoms with Crippen LogP contribution in [0.4, 0.5) is 0 Å². The third-order valence-electron chi connectivity index (χ3n) is 3.66. The van der Waals surface area contributed by atoms with E-state index in [4.69, 9.17) is 4.74 Å². The number of benzene rings is 2. The first-order valence-electron chi connectivity index (χ1n) is 6.75. The van der Waals surface area contributed by atoms with Crippen molar-refractivity contribution in [1.82, 2.24) is 9.55 Å². The van der Waals surface area contributed by atoms with Crippen molar-refractivity contribution in [1.29, 1.82) is 0 Å². The number of fused-ring (bicyclic) bond motifs is 1. The maximum Gasteiger partial charge on any atom is 0.153 e. The third kappa shape index (κ3) is 2.40. The number of aldehydes is 1. The summed E-state index contributed by atoms with van der Waals surface area (Å²) in [6.45, 7) is 0. The van der Waals surface area contributed by atoms with Gasteiger partial charge in [0.1, 0.15) is 11.6 Å². The SMILES string of the molecule is COc1ccc(Cc2nc3ccccc3n2C)cc1C=O. The maximum atomic E-state index is 11.1. The quantitative estimate of drug-likeness (QED) is 0.690. The van der Waals surface area contributed by atoms with E-state index in [0.29, 0.717) is 17.7 Å². The number of para-hydroxylation sites is 2. The number of ether oxygens (including phenoxy) is 1. The van der Waals surface area contributed by atoms with E-state index in [1.54, 1.807) is 7.11 Å². The van der Waals surface area contributed by atoms with Crippen LogP contribution in [0.2, 0.25) is 0 Å². The zero-order valence-corrected chi connectivity index (χ0v) is 12.0. The fourth-order valence-corrected chi connectivity index (χ4v) is 2.52. The highest BCUT2D eigenvalue weighted by Gasteiger charge is 2.09. The lowest BCUT2D eigenvalue weighted by Gasteiger charge is -2.07. The van der Waals surface area contributed by atoms with Crippen molar-refractivity contribution in [3.63, 3.8) is 0 Å². The lowest BCUT2D eigenvalue weighted by molar-refractivity contribution is 0.112. The van der Waals surface area contributed by atoms with E-state index >= 15 is 0 Å². The van der Waals surface area contributed by atoms with Gasteiger partial charge in [-0.15, -0.1) is 0 Å². The summed E-state index contributed by atoms with van der Waals surface area (Å²) in [5.41, 5.74) is 3.70. The predicted octanol–water partition coefficient (Wildman–Crippen LogP) is 2.99. The lowest BCUT2D eigenvalue weighted by Crippen LogP contribution is -2.00. The Morgan fingerprint density at radius 3 is 2.76 bits per heavy atom. The molecule has 106 valence electrons. The molecule has 1 heterocycles. The standard InChI is InChI=1S/C17H16N2O2/c1-19-15-6-4-3-5-14(15)18-17(19)10-12-7-8-16(21-2)13(9-12)11-20/h3-9,11H,10H2,1-2H3. The maximum absolute atomic E-state index is 11.1. The van der Waals surface area contributed by atoms with Crippen LogP contribution < -0.4 is 4.74 Å². The van der Waals surface area contributed by atoms with Gasteiger partial charge in [-0.1, -0.05) is 18.2 Å². The van der Waals surface area contributed by atoms with Gasteiger partial charge in [-0.25, -0.2) is 4.98 Å². The topological polar surface area (TPSA) is 44.1 Å². The van der Waals surface area contributed by atoms with Crippen LogP contribution in [0.15, 0.2) is 42.5 Å². The van der Waals surface area contributed by atoms with Gasteiger partial charge >= 0.3 is 0 Å². The number of carbonyl (C=O) groups is 1. The number of hydrogen-bond donors (Lipinski definition) is 0. The van der Waals surface area contributed by atoms with Crippen molar-refractivity contribution in [2.24, 2.45) is 7.05 Å². The van der Waals surface area contributed by atoms with Gasteiger partial charge in [-0.05, 0) is 29.8 Å². The third-order valence-corrected chi connectivity index (χ3v) is 3.66. The Hall–Kier alpha value is -2.62. The first-order chi connectivity index (χ1) is 10.2. The van der Waals surface area contributed by atoms with Crippen molar-refractivity contribution in [2.45, 2.75) is 6.42 Å². The van der Waals surface area contributed by atoms with Crippen LogP contribution in [0.25, 0.3) is 11.0 Å². The van der Waals surface area contributed by atoms with E-state index < -0.39 is 0 Å². The minimum atomic E-state index is 0.564. The zero-order chi connectivity index (χ0) is 14.8. The highest BCUT2D eigenvalue weighted by Crippen LogP contribution is 2.21. The van der Waals surface area contributed by atoms with Gasteiger partial charge in [0.2, 0.25) is 0 Å². The second kappa shape index (κ2) is 5.40. The first kappa shape index (κ1) is 13.4. The molecule has 0 atom stereocenters. The summed E-state index contributed by atoms with van der Waals surface area (Å²) in [4.78, 5) is 15.7. The normalized spacial score (nSPS) is 10.8. The molecule has 0 spiro atoms. The molecule has 0 fully saturated rings. The largest absolute Gasteiger partial charge is 0.496 e. The number of rotatable bonds is 4. The Labute approximate surface area is 123 Å². The molecule has 0 saturated carbocycles. The highest BCUT2D eigenvalue weighted by molar-refractivity contribution is 5.80. The van der Waals surface area contributed by atoms with E-state index in [1.807, 2.05) is 43.4 Å². The van der Waals surface area contributed by atoms with Gasteiger partial charge < -0.3 is 9.30 Å². The number of methoxy groups -OCH3 is 1. The zero-order valence-electron chi connectivity index (χ0n) is 12.0. The molecule has 21 heavy (non-hydrogen) atoms. The molecular weight excluding hydrogens is 264 g/mol. The first-order valence-corrected chi connectivity index (χ1v) is 6.75. The van der Waals surface area contributed by atoms with E-state index in [1.165, 1.54) is 0 Å². The molecule has 0 aliphatic rings. The monoisotopic (exact) mass is 280 g/mol. The van der Waals surface area contributed by atoms with Crippen molar-refractivity contribution in [3.8, 4) is 5.75 Å². The van der Waals surface area contributed by atoms with Crippen molar-refractivity contribution >= 4 is 17.3 Å². The van der Waals surface area contributed by atoms with E-state index in [-0.39, 0.29) is 0 Å². The Kier molecular flexibility index (Phi) is 3.44. The Morgan fingerprint density at radius 1 is 1.24 bits per heavy atom. The van der Waals surface area contributed by atoms with Crippen LogP contribution in [0.1, 0.15) is 21.7 Å². The summed E-state index contributed by atoms with van der Waals surface area (Å²) in [6, 6.07) is 13.7. The minimum absolute atomic E-state index is 0.564. The fourth-order valence-electron chi connectivity index (χ4n) is 2.52. The van der Waals surface area contributed by atoms with Gasteiger partial charge in [0, 0.05) is 13.5 Å². The summed E-state index contributed by atoms with van der Waals surface area (Å²) >= 11 is 0. The van der Waals surface area contributed by atoms with Crippen LogP contribution in [0.3, 0.4) is 0 Å². The molecule has 2 aromatic carbocycles. The van der Waals surface area contributed by atoms with Crippen LogP contribution in [0.5, 0.6) is 5.75 Å². The molecule has 0 N–H and O–H groups in total. The fraction of sp³-hybridized carbons (Fsp3) is 0.176. The molecule has 0 aliphatic heterocycles. The summed E-state index contributed by atoms with van der Waals surface area (Å²) in [5.74, 6) is 1.57. The molecule has 0 radical (unpaired) electrons. The minimum Gasteiger partial charge on any atom is -0.496 e. The molecule has 0 bridgehead atoms. The highest BCUT2D eigenvalue weighted by atomic mass is 16.5. The van der Waals surface area contributed by atoms with Gasteiger partial charge in [-0.2, -0.15) is 0 Å². The molecule has 3 rings (SSSR count). The van der Waals surface area contributed by atoms with E-state index in [2.05, 4.69) is 15.6 Å². The molecule has 1 aromatic heterocycles. The summed E-state index contributed by atoms with van der Waals surface area (Å²) in [5, 5.41) is 0.